The van der Waals surface area contributed by atoms with Crippen LogP contribution in [0, 0.1) is 50.7 Å². The molecule has 3 heterocycles. The van der Waals surface area contributed by atoms with Crippen molar-refractivity contribution in [3.8, 4) is 0 Å². The third-order valence-electron chi connectivity index (χ3n) is 16.3. The van der Waals surface area contributed by atoms with E-state index in [4.69, 9.17) is 18.9 Å². The molecular formula is C36H58O10. The normalized spacial score (nSPS) is 61.6. The van der Waals surface area contributed by atoms with Crippen LogP contribution < -0.4 is 0 Å². The van der Waals surface area contributed by atoms with Crippen LogP contribution >= 0.6 is 0 Å². The van der Waals surface area contributed by atoms with Gasteiger partial charge in [-0.1, -0.05) is 34.6 Å². The van der Waals surface area contributed by atoms with E-state index in [1.54, 1.807) is 13.8 Å². The minimum Gasteiger partial charge on any atom is -0.394 e. The summed E-state index contributed by atoms with van der Waals surface area (Å²) in [5.74, 6) is -0.0409. The van der Waals surface area contributed by atoms with Crippen LogP contribution in [0.3, 0.4) is 0 Å². The summed E-state index contributed by atoms with van der Waals surface area (Å²) in [5.41, 5.74) is -1.62. The molecule has 3 saturated heterocycles. The molecule has 6 N–H and O–H groups in total. The maximum Gasteiger partial charge on any atom is 0.199 e. The maximum atomic E-state index is 12.7. The number of hydrogen-bond donors (Lipinski definition) is 6. The van der Waals surface area contributed by atoms with Gasteiger partial charge in [0.1, 0.15) is 36.6 Å². The lowest BCUT2D eigenvalue weighted by atomic mass is 9.41. The van der Waals surface area contributed by atoms with Crippen LogP contribution in [0.5, 0.6) is 0 Å². The second-order valence-corrected chi connectivity index (χ2v) is 18.7. The van der Waals surface area contributed by atoms with E-state index in [2.05, 4.69) is 34.6 Å². The van der Waals surface area contributed by atoms with E-state index in [0.29, 0.717) is 17.8 Å². The van der Waals surface area contributed by atoms with Gasteiger partial charge in [0.2, 0.25) is 0 Å². The predicted octanol–water partition coefficient (Wildman–Crippen LogP) is 2.48. The molecule has 0 aromatic heterocycles. The molecule has 8 aliphatic rings. The molecule has 262 valence electrons. The van der Waals surface area contributed by atoms with Gasteiger partial charge in [0, 0.05) is 11.3 Å². The molecule has 18 atom stereocenters. The number of aliphatic hydroxyl groups excluding tert-OH is 5. The summed E-state index contributed by atoms with van der Waals surface area (Å²) < 4.78 is 25.9. The fourth-order valence-corrected chi connectivity index (χ4v) is 14.2. The van der Waals surface area contributed by atoms with E-state index >= 15 is 0 Å². The number of rotatable bonds is 4. The fourth-order valence-electron chi connectivity index (χ4n) is 14.2. The van der Waals surface area contributed by atoms with Crippen molar-refractivity contribution in [3.63, 3.8) is 0 Å². The summed E-state index contributed by atoms with van der Waals surface area (Å²) in [7, 11) is 0. The quantitative estimate of drug-likeness (QED) is 0.250. The first kappa shape index (κ1) is 32.8. The lowest BCUT2D eigenvalue weighted by molar-refractivity contribution is -0.326. The first-order valence-electron chi connectivity index (χ1n) is 18.1. The van der Waals surface area contributed by atoms with Crippen molar-refractivity contribution in [2.24, 2.45) is 50.7 Å². The smallest absolute Gasteiger partial charge is 0.199 e. The van der Waals surface area contributed by atoms with Gasteiger partial charge in [0.25, 0.3) is 0 Å². The van der Waals surface area contributed by atoms with Crippen molar-refractivity contribution in [2.75, 3.05) is 6.61 Å². The SMILES string of the molecule is C[C@H]1C[C@H]2O[C@@]3(O[C@@H]2C(C)(C)O)[C@@H](O)[C@]2(C)[C@H]4CC[C@@H]5C(C)(C)[C@@H](O[C@@H]6O[C@H](CO)[C@@H](O)[C@H](O)[C@@H]6O)CC[C@]56C[C@]46CC[C@]2(C)[C@H]13. The maximum absolute atomic E-state index is 12.7. The van der Waals surface area contributed by atoms with Crippen LogP contribution in [0.2, 0.25) is 0 Å². The Bertz CT molecular complexity index is 1250. The van der Waals surface area contributed by atoms with Gasteiger partial charge in [0.15, 0.2) is 12.1 Å². The van der Waals surface area contributed by atoms with Crippen LogP contribution in [-0.4, -0.2) is 104 Å². The lowest BCUT2D eigenvalue weighted by Crippen LogP contribution is -2.62. The number of aliphatic hydroxyl groups is 6. The van der Waals surface area contributed by atoms with Crippen LogP contribution in [0.4, 0.5) is 0 Å². The first-order chi connectivity index (χ1) is 21.4. The topological polar surface area (TPSA) is 158 Å². The molecule has 3 aliphatic heterocycles. The highest BCUT2D eigenvalue weighted by atomic mass is 16.8. The number of ether oxygens (including phenoxy) is 4. The Morgan fingerprint density at radius 3 is 2.20 bits per heavy atom. The molecule has 0 radical (unpaired) electrons. The monoisotopic (exact) mass is 650 g/mol. The van der Waals surface area contributed by atoms with Gasteiger partial charge < -0.3 is 49.6 Å². The summed E-state index contributed by atoms with van der Waals surface area (Å²) in [5, 5.41) is 64.9. The van der Waals surface area contributed by atoms with Gasteiger partial charge in [0.05, 0.1) is 24.4 Å². The molecular weight excluding hydrogens is 592 g/mol. The van der Waals surface area contributed by atoms with Crippen LogP contribution in [0.25, 0.3) is 0 Å². The van der Waals surface area contributed by atoms with Crippen LogP contribution in [0.15, 0.2) is 0 Å². The summed E-state index contributed by atoms with van der Waals surface area (Å²) in [6, 6.07) is 0. The highest BCUT2D eigenvalue weighted by Gasteiger charge is 2.88. The van der Waals surface area contributed by atoms with E-state index in [9.17, 15) is 30.6 Å². The third kappa shape index (κ3) is 3.63. The standard InChI is InChI=1S/C36H58O10/c1-17-14-18-27(31(4,5)42)46-36(45-18)26(17)32(6)12-13-35-16-34(35)11-10-22(44-28-25(40)24(39)23(38)19(15-37)43-28)30(2,3)20(34)8-9-21(35)33(32,7)29(36)41/h17-29,37-42H,8-16H2,1-7H3/t17-,18+,19+,20+,21+,22-,23+,24-,25-,26-,27-,28-,29-,32+,33-,34-,35+,36-/m0/s1. The average molecular weight is 651 g/mol. The van der Waals surface area contributed by atoms with Gasteiger partial charge >= 0.3 is 0 Å². The Hall–Kier alpha value is -0.400. The zero-order chi connectivity index (χ0) is 33.2. The molecule has 5 aliphatic carbocycles. The Morgan fingerprint density at radius 2 is 1.52 bits per heavy atom. The van der Waals surface area contributed by atoms with Gasteiger partial charge in [-0.25, -0.2) is 0 Å². The highest BCUT2D eigenvalue weighted by molar-refractivity contribution is 5.34. The third-order valence-corrected chi connectivity index (χ3v) is 16.3. The Labute approximate surface area is 273 Å². The average Bonchev–Trinajstić information content (AvgIpc) is 3.50. The largest absolute Gasteiger partial charge is 0.394 e. The zero-order valence-electron chi connectivity index (χ0n) is 28.7. The summed E-state index contributed by atoms with van der Waals surface area (Å²) in [6.45, 7) is 14.7. The van der Waals surface area contributed by atoms with Crippen molar-refractivity contribution in [2.45, 2.75) is 166 Å². The molecule has 0 unspecified atom stereocenters. The minimum absolute atomic E-state index is 0.0486. The number of fused-ring (bicyclic) bond motifs is 4. The van der Waals surface area contributed by atoms with Crippen molar-refractivity contribution in [1.82, 2.24) is 0 Å². The molecule has 5 saturated carbocycles. The van der Waals surface area contributed by atoms with E-state index in [1.165, 1.54) is 0 Å². The fraction of sp³-hybridized carbons (Fsp3) is 1.00. The van der Waals surface area contributed by atoms with Gasteiger partial charge in [-0.15, -0.1) is 0 Å². The molecule has 8 fully saturated rings. The molecule has 46 heavy (non-hydrogen) atoms. The summed E-state index contributed by atoms with van der Waals surface area (Å²) in [6.07, 6.45) is -0.227. The van der Waals surface area contributed by atoms with Gasteiger partial charge in [-0.2, -0.15) is 0 Å². The van der Waals surface area contributed by atoms with Crippen molar-refractivity contribution >= 4 is 0 Å². The minimum atomic E-state index is -1.46. The van der Waals surface area contributed by atoms with Crippen LogP contribution in [0.1, 0.15) is 99.8 Å². The predicted molar refractivity (Wildman–Crippen MR) is 165 cm³/mol. The molecule has 0 amide bonds. The highest BCUT2D eigenvalue weighted by Crippen LogP contribution is 2.90. The Balaban J connectivity index is 1.09. The second kappa shape index (κ2) is 9.68. The van der Waals surface area contributed by atoms with E-state index in [1.807, 2.05) is 0 Å². The Kier molecular flexibility index (Phi) is 6.90. The van der Waals surface area contributed by atoms with Gasteiger partial charge in [-0.3, -0.25) is 0 Å². The van der Waals surface area contributed by atoms with E-state index in [0.717, 1.165) is 51.4 Å². The summed E-state index contributed by atoms with van der Waals surface area (Å²) >= 11 is 0. The van der Waals surface area contributed by atoms with E-state index in [-0.39, 0.29) is 39.8 Å². The Morgan fingerprint density at radius 1 is 0.848 bits per heavy atom. The van der Waals surface area contributed by atoms with E-state index < -0.39 is 66.3 Å². The molecule has 0 aromatic rings. The number of hydrogen-bond acceptors (Lipinski definition) is 10. The molecule has 3 spiro atoms. The van der Waals surface area contributed by atoms with Crippen molar-refractivity contribution < 1.29 is 49.6 Å². The van der Waals surface area contributed by atoms with Gasteiger partial charge in [-0.05, 0) is 105 Å². The van der Waals surface area contributed by atoms with Crippen molar-refractivity contribution in [3.05, 3.63) is 0 Å². The lowest BCUT2D eigenvalue weighted by Gasteiger charge is -2.63. The molecule has 10 nitrogen and oxygen atoms in total. The second-order valence-electron chi connectivity index (χ2n) is 18.7. The molecule has 2 bridgehead atoms. The van der Waals surface area contributed by atoms with Crippen LogP contribution in [-0.2, 0) is 18.9 Å². The first-order valence-corrected chi connectivity index (χ1v) is 18.1. The summed E-state index contributed by atoms with van der Waals surface area (Å²) in [4.78, 5) is 0. The molecule has 10 heteroatoms. The zero-order valence-corrected chi connectivity index (χ0v) is 28.7. The molecule has 8 rings (SSSR count). The van der Waals surface area contributed by atoms with Crippen molar-refractivity contribution in [1.29, 1.82) is 0 Å². The molecule has 0 aromatic carbocycles.